The molecule has 2 fully saturated rings. The summed E-state index contributed by atoms with van der Waals surface area (Å²) in [6, 6.07) is 7.28. The van der Waals surface area contributed by atoms with Crippen LogP contribution in [0.4, 0.5) is 5.69 Å². The van der Waals surface area contributed by atoms with Crippen LogP contribution in [0.3, 0.4) is 0 Å². The summed E-state index contributed by atoms with van der Waals surface area (Å²) in [5.41, 5.74) is 3.61. The minimum Gasteiger partial charge on any atom is -0.325 e. The number of halogens is 1. The van der Waals surface area contributed by atoms with Gasteiger partial charge >= 0.3 is 0 Å². The van der Waals surface area contributed by atoms with Crippen LogP contribution in [0.1, 0.15) is 39.0 Å². The van der Waals surface area contributed by atoms with Crippen LogP contribution in [0, 0.1) is 0 Å². The van der Waals surface area contributed by atoms with E-state index in [1.807, 2.05) is 0 Å². The third-order valence-corrected chi connectivity index (χ3v) is 5.83. The largest absolute Gasteiger partial charge is 0.325 e. The number of carbonyl (C=O) groups excluding carboxylic acids is 2. The first-order valence-corrected chi connectivity index (χ1v) is 9.92. The number of amidine groups is 1. The molecule has 3 unspecified atom stereocenters. The molecular formula is C19H24ClN5O2. The molecule has 144 valence electrons. The van der Waals surface area contributed by atoms with Gasteiger partial charge in [-0.1, -0.05) is 37.4 Å². The quantitative estimate of drug-likeness (QED) is 0.828. The van der Waals surface area contributed by atoms with Crippen molar-refractivity contribution in [3.8, 4) is 0 Å². The lowest BCUT2D eigenvalue weighted by atomic mass is 9.85. The van der Waals surface area contributed by atoms with Crippen LogP contribution < -0.4 is 10.7 Å². The van der Waals surface area contributed by atoms with Gasteiger partial charge in [-0.05, 0) is 31.0 Å². The van der Waals surface area contributed by atoms with Gasteiger partial charge in [0.05, 0.1) is 12.1 Å². The second-order valence-corrected chi connectivity index (χ2v) is 7.70. The van der Waals surface area contributed by atoms with Gasteiger partial charge in [0.2, 0.25) is 5.91 Å². The molecule has 4 rings (SSSR count). The van der Waals surface area contributed by atoms with Crippen LogP contribution in [-0.4, -0.2) is 52.2 Å². The minimum absolute atomic E-state index is 0.0417. The van der Waals surface area contributed by atoms with Gasteiger partial charge in [-0.3, -0.25) is 15.0 Å². The molecule has 0 aromatic heterocycles. The van der Waals surface area contributed by atoms with Crippen molar-refractivity contribution in [1.29, 1.82) is 0 Å². The Morgan fingerprint density at radius 1 is 1.33 bits per heavy atom. The van der Waals surface area contributed by atoms with Crippen molar-refractivity contribution in [3.05, 3.63) is 29.3 Å². The summed E-state index contributed by atoms with van der Waals surface area (Å²) < 4.78 is 0. The molecule has 7 nitrogen and oxygen atoms in total. The molecule has 2 heterocycles. The lowest BCUT2D eigenvalue weighted by Gasteiger charge is -2.51. The van der Waals surface area contributed by atoms with Gasteiger partial charge in [0.25, 0.3) is 5.91 Å². The highest BCUT2D eigenvalue weighted by Crippen LogP contribution is 2.35. The zero-order valence-electron chi connectivity index (χ0n) is 15.3. The van der Waals surface area contributed by atoms with E-state index in [1.165, 1.54) is 0 Å². The number of nitrogens with zero attached hydrogens (tertiary/aromatic N) is 3. The fraction of sp³-hybridized carbons (Fsp3) is 0.526. The number of anilines is 1. The van der Waals surface area contributed by atoms with Crippen molar-refractivity contribution in [2.45, 2.75) is 57.3 Å². The number of piperazine rings is 1. The number of hydrogen-bond acceptors (Lipinski definition) is 5. The number of carbonyl (C=O) groups is 2. The van der Waals surface area contributed by atoms with E-state index < -0.39 is 6.17 Å². The van der Waals surface area contributed by atoms with Gasteiger partial charge in [0.15, 0.2) is 6.17 Å². The zero-order valence-corrected chi connectivity index (χ0v) is 16.1. The van der Waals surface area contributed by atoms with Gasteiger partial charge in [0.1, 0.15) is 12.4 Å². The van der Waals surface area contributed by atoms with Crippen LogP contribution >= 0.6 is 11.6 Å². The van der Waals surface area contributed by atoms with Crippen molar-refractivity contribution in [1.82, 2.24) is 15.2 Å². The fourth-order valence-corrected chi connectivity index (χ4v) is 4.63. The molecular weight excluding hydrogens is 366 g/mol. The van der Waals surface area contributed by atoms with E-state index in [0.29, 0.717) is 10.7 Å². The Labute approximate surface area is 163 Å². The second-order valence-electron chi connectivity index (χ2n) is 7.26. The van der Waals surface area contributed by atoms with Gasteiger partial charge < -0.3 is 15.1 Å². The van der Waals surface area contributed by atoms with Crippen molar-refractivity contribution in [2.75, 3.05) is 11.9 Å². The van der Waals surface area contributed by atoms with E-state index in [9.17, 15) is 9.59 Å². The van der Waals surface area contributed by atoms with Crippen LogP contribution in [0.15, 0.2) is 29.4 Å². The highest BCUT2D eigenvalue weighted by atomic mass is 35.5. The summed E-state index contributed by atoms with van der Waals surface area (Å²) in [5.74, 6) is 0.651. The van der Waals surface area contributed by atoms with E-state index in [1.54, 1.807) is 29.2 Å². The average Bonchev–Trinajstić information content (AvgIpc) is 3.09. The van der Waals surface area contributed by atoms with Crippen molar-refractivity contribution in [3.63, 3.8) is 0 Å². The molecule has 1 aliphatic carbocycles. The molecule has 1 aromatic carbocycles. The number of rotatable bonds is 4. The normalized spacial score (nSPS) is 26.8. The molecule has 3 aliphatic rings. The van der Waals surface area contributed by atoms with Gasteiger partial charge in [-0.2, -0.15) is 5.10 Å². The monoisotopic (exact) mass is 389 g/mol. The van der Waals surface area contributed by atoms with Crippen molar-refractivity contribution in [2.24, 2.45) is 5.10 Å². The second kappa shape index (κ2) is 7.38. The summed E-state index contributed by atoms with van der Waals surface area (Å²) in [6.07, 6.45) is 4.44. The third kappa shape index (κ3) is 3.36. The predicted octanol–water partition coefficient (Wildman–Crippen LogP) is 2.39. The third-order valence-electron chi connectivity index (χ3n) is 5.60. The van der Waals surface area contributed by atoms with Crippen LogP contribution in [0.5, 0.6) is 0 Å². The summed E-state index contributed by atoms with van der Waals surface area (Å²) in [7, 11) is 0. The Bertz CT molecular complexity index is 783. The van der Waals surface area contributed by atoms with Crippen LogP contribution in [0.25, 0.3) is 0 Å². The van der Waals surface area contributed by atoms with E-state index in [4.69, 9.17) is 11.6 Å². The summed E-state index contributed by atoms with van der Waals surface area (Å²) in [5, 5.41) is 7.77. The summed E-state index contributed by atoms with van der Waals surface area (Å²) in [6.45, 7) is 2.09. The number of fused-ring (bicyclic) bond motifs is 3. The molecule has 1 saturated heterocycles. The first-order chi connectivity index (χ1) is 13.1. The first kappa shape index (κ1) is 18.1. The molecule has 2 amide bonds. The number of hydrogen-bond donors (Lipinski definition) is 2. The smallest absolute Gasteiger partial charge is 0.268 e. The Balaban J connectivity index is 1.52. The summed E-state index contributed by atoms with van der Waals surface area (Å²) >= 11 is 5.98. The standard InChI is InChI=1S/C19H24ClN5O2/c1-2-16-22-23-18-19(27)24(14-8-3-4-9-15(14)25(16)18)11-17(26)21-13-7-5-6-12(20)10-13/h5-7,10,14-15,18,23H,2-4,8-9,11H2,1H3,(H,21,26). The number of nitrogens with one attached hydrogen (secondary N) is 2. The topological polar surface area (TPSA) is 77.0 Å². The Morgan fingerprint density at radius 3 is 2.85 bits per heavy atom. The first-order valence-electron chi connectivity index (χ1n) is 9.55. The van der Waals surface area contributed by atoms with E-state index in [2.05, 4.69) is 27.7 Å². The fourth-order valence-electron chi connectivity index (χ4n) is 4.44. The van der Waals surface area contributed by atoms with Crippen molar-refractivity contribution < 1.29 is 9.59 Å². The Morgan fingerprint density at radius 2 is 2.11 bits per heavy atom. The zero-order chi connectivity index (χ0) is 19.0. The summed E-state index contributed by atoms with van der Waals surface area (Å²) in [4.78, 5) is 29.6. The van der Waals surface area contributed by atoms with Crippen LogP contribution in [0.2, 0.25) is 5.02 Å². The molecule has 8 heteroatoms. The number of amides is 2. The minimum atomic E-state index is -0.488. The molecule has 0 radical (unpaired) electrons. The van der Waals surface area contributed by atoms with E-state index in [0.717, 1.165) is 37.9 Å². The lowest BCUT2D eigenvalue weighted by molar-refractivity contribution is -0.151. The number of benzene rings is 1. The molecule has 1 aromatic rings. The SMILES string of the molecule is CCC1=NNC2C(=O)N(CC(=O)Nc3cccc(Cl)c3)C3CCCCC3N12. The predicted molar refractivity (Wildman–Crippen MR) is 104 cm³/mol. The van der Waals surface area contributed by atoms with Crippen LogP contribution in [-0.2, 0) is 9.59 Å². The van der Waals surface area contributed by atoms with Crippen molar-refractivity contribution >= 4 is 34.9 Å². The lowest BCUT2D eigenvalue weighted by Crippen LogP contribution is -2.69. The number of hydrazone groups is 1. The molecule has 27 heavy (non-hydrogen) atoms. The van der Waals surface area contributed by atoms with E-state index >= 15 is 0 Å². The van der Waals surface area contributed by atoms with E-state index in [-0.39, 0.29) is 30.4 Å². The maximum atomic E-state index is 13.1. The van der Waals surface area contributed by atoms with Gasteiger partial charge in [-0.25, -0.2) is 0 Å². The molecule has 0 bridgehead atoms. The average molecular weight is 390 g/mol. The molecule has 2 N–H and O–H groups in total. The maximum Gasteiger partial charge on any atom is 0.268 e. The Hall–Kier alpha value is -2.28. The molecule has 2 aliphatic heterocycles. The highest BCUT2D eigenvalue weighted by molar-refractivity contribution is 6.30. The molecule has 0 spiro atoms. The highest BCUT2D eigenvalue weighted by Gasteiger charge is 2.50. The maximum absolute atomic E-state index is 13.1. The Kier molecular flexibility index (Phi) is 4.95. The van der Waals surface area contributed by atoms with Gasteiger partial charge in [0, 0.05) is 17.1 Å². The van der Waals surface area contributed by atoms with Gasteiger partial charge in [-0.15, -0.1) is 0 Å². The molecule has 3 atom stereocenters. The molecule has 1 saturated carbocycles.